The quantitative estimate of drug-likeness (QED) is 0.409. The summed E-state index contributed by atoms with van der Waals surface area (Å²) < 4.78 is 56.9. The number of rotatable bonds is 9. The van der Waals surface area contributed by atoms with Gasteiger partial charge in [-0.25, -0.2) is 17.6 Å². The van der Waals surface area contributed by atoms with Gasteiger partial charge in [0, 0.05) is 6.07 Å². The predicted octanol–water partition coefficient (Wildman–Crippen LogP) is 4.12. The molecule has 0 aliphatic rings. The van der Waals surface area contributed by atoms with Gasteiger partial charge in [0.15, 0.2) is 11.5 Å². The van der Waals surface area contributed by atoms with Gasteiger partial charge in [0.05, 0.1) is 48.2 Å². The van der Waals surface area contributed by atoms with Crippen LogP contribution in [0.4, 0.5) is 15.8 Å². The second-order valence-corrected chi connectivity index (χ2v) is 9.48. The van der Waals surface area contributed by atoms with E-state index in [9.17, 15) is 22.4 Å². The Bertz CT molecular complexity index is 1400. The molecule has 0 spiro atoms. The van der Waals surface area contributed by atoms with Crippen LogP contribution in [0.5, 0.6) is 11.5 Å². The summed E-state index contributed by atoms with van der Waals surface area (Å²) in [5.41, 5.74) is 0.134. The summed E-state index contributed by atoms with van der Waals surface area (Å²) in [4.78, 5) is 24.8. The molecule has 3 aromatic rings. The van der Waals surface area contributed by atoms with E-state index in [2.05, 4.69) is 5.32 Å². The summed E-state index contributed by atoms with van der Waals surface area (Å²) in [6.45, 7) is -0.728. The summed E-state index contributed by atoms with van der Waals surface area (Å²) in [6.07, 6.45) is 0. The number of nitrogens with zero attached hydrogens (tertiary/aromatic N) is 1. The summed E-state index contributed by atoms with van der Waals surface area (Å²) in [6, 6.07) is 13.2. The van der Waals surface area contributed by atoms with E-state index < -0.39 is 34.3 Å². The monoisotopic (exact) mass is 536 g/mol. The third-order valence-corrected chi connectivity index (χ3v) is 7.09. The van der Waals surface area contributed by atoms with E-state index in [0.29, 0.717) is 5.75 Å². The predicted molar refractivity (Wildman–Crippen MR) is 132 cm³/mol. The first-order valence-electron chi connectivity index (χ1n) is 10.3. The zero-order chi connectivity index (χ0) is 26.5. The Morgan fingerprint density at radius 1 is 0.972 bits per heavy atom. The van der Waals surface area contributed by atoms with Gasteiger partial charge in [0.25, 0.3) is 10.0 Å². The minimum Gasteiger partial charge on any atom is -0.493 e. The van der Waals surface area contributed by atoms with Gasteiger partial charge in [0.2, 0.25) is 5.91 Å². The molecule has 9 nitrogen and oxygen atoms in total. The van der Waals surface area contributed by atoms with Gasteiger partial charge < -0.3 is 19.5 Å². The molecule has 3 aromatic carbocycles. The molecule has 0 atom stereocenters. The molecule has 0 saturated heterocycles. The van der Waals surface area contributed by atoms with Gasteiger partial charge >= 0.3 is 5.97 Å². The van der Waals surface area contributed by atoms with Crippen molar-refractivity contribution in [3.63, 3.8) is 0 Å². The lowest BCUT2D eigenvalue weighted by atomic mass is 10.2. The molecule has 0 aliphatic carbocycles. The normalized spacial score (nSPS) is 10.9. The lowest BCUT2D eigenvalue weighted by molar-refractivity contribution is -0.114. The maximum atomic E-state index is 13.8. The number of para-hydroxylation sites is 1. The molecule has 0 radical (unpaired) electrons. The zero-order valence-corrected chi connectivity index (χ0v) is 21.0. The molecular weight excluding hydrogens is 515 g/mol. The number of hydrogen-bond acceptors (Lipinski definition) is 7. The molecular formula is C24H22ClFN2O7S. The molecule has 0 saturated carbocycles. The van der Waals surface area contributed by atoms with Crippen molar-refractivity contribution in [3.8, 4) is 11.5 Å². The van der Waals surface area contributed by atoms with Gasteiger partial charge in [-0.05, 0) is 42.5 Å². The van der Waals surface area contributed by atoms with E-state index in [0.717, 1.165) is 16.4 Å². The van der Waals surface area contributed by atoms with Crippen LogP contribution in [-0.2, 0) is 19.6 Å². The molecule has 0 unspecified atom stereocenters. The van der Waals surface area contributed by atoms with Crippen molar-refractivity contribution >= 4 is 44.9 Å². The summed E-state index contributed by atoms with van der Waals surface area (Å²) in [7, 11) is -0.461. The van der Waals surface area contributed by atoms with E-state index in [4.69, 9.17) is 25.8 Å². The van der Waals surface area contributed by atoms with Crippen LogP contribution in [0, 0.1) is 5.82 Å². The third-order valence-electron chi connectivity index (χ3n) is 5.03. The number of benzene rings is 3. The van der Waals surface area contributed by atoms with Crippen molar-refractivity contribution in [2.45, 2.75) is 4.90 Å². The number of amides is 1. The van der Waals surface area contributed by atoms with E-state index in [1.807, 2.05) is 0 Å². The topological polar surface area (TPSA) is 111 Å². The Morgan fingerprint density at radius 2 is 1.67 bits per heavy atom. The van der Waals surface area contributed by atoms with Crippen LogP contribution >= 0.6 is 11.6 Å². The minimum atomic E-state index is -4.40. The Hall–Kier alpha value is -3.83. The molecule has 36 heavy (non-hydrogen) atoms. The van der Waals surface area contributed by atoms with Crippen LogP contribution in [0.2, 0.25) is 5.02 Å². The number of halogens is 2. The number of hydrogen-bond donors (Lipinski definition) is 1. The van der Waals surface area contributed by atoms with E-state index in [1.165, 1.54) is 57.7 Å². The van der Waals surface area contributed by atoms with Crippen LogP contribution in [0.15, 0.2) is 65.6 Å². The van der Waals surface area contributed by atoms with Crippen molar-refractivity contribution < 1.29 is 36.6 Å². The molecule has 0 aliphatic heterocycles. The first kappa shape index (κ1) is 26.8. The van der Waals surface area contributed by atoms with E-state index in [-0.39, 0.29) is 32.6 Å². The van der Waals surface area contributed by atoms with E-state index >= 15 is 0 Å². The molecule has 12 heteroatoms. The maximum absolute atomic E-state index is 13.8. The number of carbonyl (C=O) groups is 2. The van der Waals surface area contributed by atoms with Crippen LogP contribution in [0.1, 0.15) is 10.4 Å². The summed E-state index contributed by atoms with van der Waals surface area (Å²) in [5, 5.41) is 2.18. The van der Waals surface area contributed by atoms with Crippen LogP contribution in [0.3, 0.4) is 0 Å². The number of sulfonamides is 1. The Labute approximate surface area is 212 Å². The number of carbonyl (C=O) groups excluding carboxylic acids is 2. The van der Waals surface area contributed by atoms with Crippen molar-refractivity contribution in [1.82, 2.24) is 0 Å². The van der Waals surface area contributed by atoms with Gasteiger partial charge in [-0.2, -0.15) is 0 Å². The highest BCUT2D eigenvalue weighted by Crippen LogP contribution is 2.33. The largest absolute Gasteiger partial charge is 0.493 e. The molecule has 0 bridgehead atoms. The third kappa shape index (κ3) is 5.69. The highest BCUT2D eigenvalue weighted by atomic mass is 35.5. The first-order chi connectivity index (χ1) is 17.1. The SMILES string of the molecule is COC(=O)c1ccccc1NC(=O)CN(c1ccc(F)c(Cl)c1)S(=O)(=O)c1ccc(OC)c(OC)c1. The average molecular weight is 537 g/mol. The Balaban J connectivity index is 2.03. The Kier molecular flexibility index (Phi) is 8.38. The molecule has 0 heterocycles. The molecule has 3 rings (SSSR count). The fourth-order valence-electron chi connectivity index (χ4n) is 3.26. The Morgan fingerprint density at radius 3 is 2.31 bits per heavy atom. The fourth-order valence-corrected chi connectivity index (χ4v) is 4.86. The maximum Gasteiger partial charge on any atom is 0.339 e. The van der Waals surface area contributed by atoms with Crippen molar-refractivity contribution in [2.24, 2.45) is 0 Å². The number of nitrogens with one attached hydrogen (secondary N) is 1. The van der Waals surface area contributed by atoms with Gasteiger partial charge in [-0.3, -0.25) is 9.10 Å². The fraction of sp³-hybridized carbons (Fsp3) is 0.167. The number of methoxy groups -OCH3 is 3. The zero-order valence-electron chi connectivity index (χ0n) is 19.4. The van der Waals surface area contributed by atoms with Crippen LogP contribution in [0.25, 0.3) is 0 Å². The van der Waals surface area contributed by atoms with Crippen LogP contribution in [-0.4, -0.2) is 48.2 Å². The van der Waals surface area contributed by atoms with Crippen molar-refractivity contribution in [3.05, 3.63) is 77.1 Å². The molecule has 1 amide bonds. The highest BCUT2D eigenvalue weighted by molar-refractivity contribution is 7.92. The number of esters is 1. The second-order valence-electron chi connectivity index (χ2n) is 7.21. The number of anilines is 2. The molecule has 190 valence electrons. The smallest absolute Gasteiger partial charge is 0.339 e. The van der Waals surface area contributed by atoms with Gasteiger partial charge in [-0.15, -0.1) is 0 Å². The van der Waals surface area contributed by atoms with Crippen molar-refractivity contribution in [1.29, 1.82) is 0 Å². The summed E-state index contributed by atoms with van der Waals surface area (Å²) in [5.74, 6) is -1.79. The highest BCUT2D eigenvalue weighted by Gasteiger charge is 2.29. The van der Waals surface area contributed by atoms with E-state index in [1.54, 1.807) is 12.1 Å². The van der Waals surface area contributed by atoms with Crippen LogP contribution < -0.4 is 19.1 Å². The molecule has 1 N–H and O–H groups in total. The molecule has 0 fully saturated rings. The first-order valence-corrected chi connectivity index (χ1v) is 12.1. The average Bonchev–Trinajstić information content (AvgIpc) is 2.88. The lowest BCUT2D eigenvalue weighted by Crippen LogP contribution is -2.38. The van der Waals surface area contributed by atoms with Crippen molar-refractivity contribution in [2.75, 3.05) is 37.5 Å². The lowest BCUT2D eigenvalue weighted by Gasteiger charge is -2.25. The summed E-state index contributed by atoms with van der Waals surface area (Å²) >= 11 is 5.89. The number of ether oxygens (including phenoxy) is 3. The van der Waals surface area contributed by atoms with Gasteiger partial charge in [0.1, 0.15) is 12.4 Å². The van der Waals surface area contributed by atoms with Gasteiger partial charge in [-0.1, -0.05) is 23.7 Å². The second kappa shape index (κ2) is 11.3. The molecule has 0 aromatic heterocycles. The standard InChI is InChI=1S/C24H22ClFN2O7S/c1-33-21-11-9-16(13-22(21)34-2)36(31,32)28(15-8-10-19(26)18(25)12-15)14-23(29)27-20-7-5-4-6-17(20)24(30)35-3/h4-13H,14H2,1-3H3,(H,27,29). The minimum absolute atomic E-state index is 0.0624.